The molecule has 2 N–H and O–H groups in total. The second-order valence-electron chi connectivity index (χ2n) is 2.67. The van der Waals surface area contributed by atoms with Crippen molar-refractivity contribution in [3.8, 4) is 0 Å². The molecule has 0 aromatic rings. The largest absolute Gasteiger partial charge is 0.306 e. The van der Waals surface area contributed by atoms with E-state index in [1.165, 1.54) is 7.11 Å². The third kappa shape index (κ3) is 2.48. The molecule has 1 saturated heterocycles. The van der Waals surface area contributed by atoms with E-state index in [1.54, 1.807) is 0 Å². The zero-order valence-electron chi connectivity index (χ0n) is 6.72. The summed E-state index contributed by atoms with van der Waals surface area (Å²) in [7, 11) is 1.45. The van der Waals surface area contributed by atoms with Crippen LogP contribution in [-0.2, 0) is 9.63 Å². The van der Waals surface area contributed by atoms with Crippen molar-refractivity contribution < 1.29 is 9.63 Å². The molecule has 1 atom stereocenters. The first-order valence-electron chi connectivity index (χ1n) is 3.91. The van der Waals surface area contributed by atoms with Crippen LogP contribution in [0.5, 0.6) is 0 Å². The van der Waals surface area contributed by atoms with Gasteiger partial charge in [0.05, 0.1) is 13.2 Å². The first kappa shape index (κ1) is 8.49. The van der Waals surface area contributed by atoms with Gasteiger partial charge >= 0.3 is 0 Å². The van der Waals surface area contributed by atoms with Crippen LogP contribution in [0.4, 0.5) is 0 Å². The molecule has 1 heterocycles. The Morgan fingerprint density at radius 1 is 1.64 bits per heavy atom. The molecule has 4 nitrogen and oxygen atoms in total. The van der Waals surface area contributed by atoms with Crippen molar-refractivity contribution in [3.63, 3.8) is 0 Å². The summed E-state index contributed by atoms with van der Waals surface area (Å²) in [4.78, 5) is 15.6. The highest BCUT2D eigenvalue weighted by molar-refractivity contribution is 5.80. The van der Waals surface area contributed by atoms with Crippen LogP contribution >= 0.6 is 0 Å². The minimum absolute atomic E-state index is 0.0521. The second-order valence-corrected chi connectivity index (χ2v) is 2.67. The predicted molar refractivity (Wildman–Crippen MR) is 40.8 cm³/mol. The molecule has 0 saturated carbocycles. The Bertz CT molecular complexity index is 132. The van der Waals surface area contributed by atoms with Crippen LogP contribution < -0.4 is 10.8 Å². The number of nitrogens with one attached hydrogen (secondary N) is 2. The molecule has 0 unspecified atom stereocenters. The average molecular weight is 158 g/mol. The lowest BCUT2D eigenvalue weighted by molar-refractivity contribution is -0.134. The van der Waals surface area contributed by atoms with Crippen LogP contribution in [0.25, 0.3) is 0 Å². The average Bonchev–Trinajstić information content (AvgIpc) is 2.07. The van der Waals surface area contributed by atoms with Crippen molar-refractivity contribution in [3.05, 3.63) is 0 Å². The van der Waals surface area contributed by atoms with E-state index in [2.05, 4.69) is 15.6 Å². The van der Waals surface area contributed by atoms with Gasteiger partial charge in [-0.2, -0.15) is 0 Å². The summed E-state index contributed by atoms with van der Waals surface area (Å²) in [5.74, 6) is -0.0628. The van der Waals surface area contributed by atoms with Crippen molar-refractivity contribution in [2.24, 2.45) is 0 Å². The first-order valence-corrected chi connectivity index (χ1v) is 3.91. The van der Waals surface area contributed by atoms with E-state index in [0.29, 0.717) is 0 Å². The lowest BCUT2D eigenvalue weighted by Crippen LogP contribution is -2.46. The summed E-state index contributed by atoms with van der Waals surface area (Å²) in [6.07, 6.45) is 3.20. The third-order valence-corrected chi connectivity index (χ3v) is 1.83. The summed E-state index contributed by atoms with van der Waals surface area (Å²) < 4.78 is 0. The number of hydroxylamine groups is 1. The highest BCUT2D eigenvalue weighted by Crippen LogP contribution is 2.06. The summed E-state index contributed by atoms with van der Waals surface area (Å²) in [6.45, 7) is 0.932. The number of amides is 1. The Hall–Kier alpha value is -0.610. The molecule has 1 amide bonds. The van der Waals surface area contributed by atoms with Crippen molar-refractivity contribution in [2.45, 2.75) is 25.3 Å². The quantitative estimate of drug-likeness (QED) is 0.547. The highest BCUT2D eigenvalue weighted by atomic mass is 16.6. The highest BCUT2D eigenvalue weighted by Gasteiger charge is 2.19. The summed E-state index contributed by atoms with van der Waals surface area (Å²) in [5.41, 5.74) is 2.31. The molecule has 0 aromatic carbocycles. The molecule has 0 radical (unpaired) electrons. The van der Waals surface area contributed by atoms with Crippen molar-refractivity contribution in [1.82, 2.24) is 10.8 Å². The van der Waals surface area contributed by atoms with Gasteiger partial charge in [0.1, 0.15) is 0 Å². The van der Waals surface area contributed by atoms with E-state index in [4.69, 9.17) is 0 Å². The molecule has 0 spiro atoms. The standard InChI is InChI=1S/C7H14N2O2/c1-11-9-7(10)6-4-2-3-5-8-6/h6,8H,2-5H2,1H3,(H,9,10)/t6-/m0/s1. The summed E-state index contributed by atoms with van der Waals surface area (Å²) >= 11 is 0. The molecular weight excluding hydrogens is 144 g/mol. The van der Waals surface area contributed by atoms with E-state index in [0.717, 1.165) is 25.8 Å². The normalized spacial score (nSPS) is 24.6. The summed E-state index contributed by atoms with van der Waals surface area (Å²) in [6, 6.07) is -0.0521. The van der Waals surface area contributed by atoms with Crippen LogP contribution in [0, 0.1) is 0 Å². The monoisotopic (exact) mass is 158 g/mol. The van der Waals surface area contributed by atoms with Crippen LogP contribution in [0.1, 0.15) is 19.3 Å². The minimum atomic E-state index is -0.0628. The van der Waals surface area contributed by atoms with Gasteiger partial charge in [-0.05, 0) is 19.4 Å². The Labute approximate surface area is 66.3 Å². The molecule has 11 heavy (non-hydrogen) atoms. The van der Waals surface area contributed by atoms with E-state index < -0.39 is 0 Å². The van der Waals surface area contributed by atoms with Gasteiger partial charge in [-0.3, -0.25) is 9.63 Å². The SMILES string of the molecule is CONC(=O)[C@@H]1CCCCN1. The topological polar surface area (TPSA) is 50.4 Å². The van der Waals surface area contributed by atoms with Crippen molar-refractivity contribution in [1.29, 1.82) is 0 Å². The Morgan fingerprint density at radius 3 is 3.00 bits per heavy atom. The summed E-state index contributed by atoms with van der Waals surface area (Å²) in [5, 5.41) is 3.11. The number of carbonyl (C=O) groups is 1. The number of carbonyl (C=O) groups excluding carboxylic acids is 1. The molecule has 4 heteroatoms. The van der Waals surface area contributed by atoms with Gasteiger partial charge in [-0.1, -0.05) is 6.42 Å². The molecule has 0 bridgehead atoms. The van der Waals surface area contributed by atoms with Crippen LogP contribution in [-0.4, -0.2) is 25.6 Å². The zero-order valence-corrected chi connectivity index (χ0v) is 6.72. The first-order chi connectivity index (χ1) is 5.34. The molecule has 0 aliphatic carbocycles. The van der Waals surface area contributed by atoms with Crippen molar-refractivity contribution in [2.75, 3.05) is 13.7 Å². The predicted octanol–water partition coefficient (Wildman–Crippen LogP) is -0.194. The number of rotatable bonds is 2. The molecule has 0 aromatic heterocycles. The maximum absolute atomic E-state index is 11.1. The van der Waals surface area contributed by atoms with E-state index in [1.807, 2.05) is 0 Å². The van der Waals surface area contributed by atoms with Crippen LogP contribution in [0.15, 0.2) is 0 Å². The molecule has 64 valence electrons. The van der Waals surface area contributed by atoms with Gasteiger partial charge < -0.3 is 5.32 Å². The molecule has 1 aliphatic rings. The zero-order chi connectivity index (χ0) is 8.10. The second kappa shape index (κ2) is 4.31. The van der Waals surface area contributed by atoms with Gasteiger partial charge in [0.15, 0.2) is 0 Å². The van der Waals surface area contributed by atoms with Gasteiger partial charge in [-0.25, -0.2) is 5.48 Å². The fraction of sp³-hybridized carbons (Fsp3) is 0.857. The fourth-order valence-corrected chi connectivity index (χ4v) is 1.25. The fourth-order valence-electron chi connectivity index (χ4n) is 1.25. The van der Waals surface area contributed by atoms with Crippen LogP contribution in [0.2, 0.25) is 0 Å². The smallest absolute Gasteiger partial charge is 0.260 e. The van der Waals surface area contributed by atoms with E-state index in [9.17, 15) is 4.79 Å². The number of hydrogen-bond donors (Lipinski definition) is 2. The van der Waals surface area contributed by atoms with Crippen molar-refractivity contribution >= 4 is 5.91 Å². The number of hydrogen-bond acceptors (Lipinski definition) is 3. The maximum atomic E-state index is 11.1. The Morgan fingerprint density at radius 2 is 2.45 bits per heavy atom. The molecule has 1 fully saturated rings. The van der Waals surface area contributed by atoms with Gasteiger partial charge in [0, 0.05) is 0 Å². The Balaban J connectivity index is 2.27. The lowest BCUT2D eigenvalue weighted by atomic mass is 10.1. The third-order valence-electron chi connectivity index (χ3n) is 1.83. The minimum Gasteiger partial charge on any atom is -0.306 e. The molecule has 1 aliphatic heterocycles. The maximum Gasteiger partial charge on any atom is 0.260 e. The Kier molecular flexibility index (Phi) is 3.32. The number of piperidine rings is 1. The van der Waals surface area contributed by atoms with Crippen LogP contribution in [0.3, 0.4) is 0 Å². The van der Waals surface area contributed by atoms with E-state index in [-0.39, 0.29) is 11.9 Å². The van der Waals surface area contributed by atoms with E-state index >= 15 is 0 Å². The molecular formula is C7H14N2O2. The van der Waals surface area contributed by atoms with Gasteiger partial charge in [-0.15, -0.1) is 0 Å². The van der Waals surface area contributed by atoms with Gasteiger partial charge in [0.25, 0.3) is 5.91 Å². The molecule has 1 rings (SSSR count). The lowest BCUT2D eigenvalue weighted by Gasteiger charge is -2.21. The van der Waals surface area contributed by atoms with Gasteiger partial charge in [0.2, 0.25) is 0 Å².